The summed E-state index contributed by atoms with van der Waals surface area (Å²) in [5.74, 6) is 0.353. The fourth-order valence-corrected chi connectivity index (χ4v) is 2.59. The van der Waals surface area contributed by atoms with E-state index in [1.54, 1.807) is 33.0 Å². The largest absolute Gasteiger partial charge is 0.444 e. The highest BCUT2D eigenvalue weighted by Gasteiger charge is 2.31. The van der Waals surface area contributed by atoms with Crippen LogP contribution >= 0.6 is 0 Å². The van der Waals surface area contributed by atoms with Crippen LogP contribution in [0.1, 0.15) is 33.6 Å². The summed E-state index contributed by atoms with van der Waals surface area (Å²) in [7, 11) is 0. The molecule has 0 bridgehead atoms. The Labute approximate surface area is 135 Å². The lowest BCUT2D eigenvalue weighted by atomic mass is 10.2. The molecule has 0 unspecified atom stereocenters. The first kappa shape index (κ1) is 17.0. The number of hydrogen-bond acceptors (Lipinski definition) is 6. The van der Waals surface area contributed by atoms with Gasteiger partial charge in [-0.2, -0.15) is 0 Å². The summed E-state index contributed by atoms with van der Waals surface area (Å²) in [5, 5.41) is 13.9. The van der Waals surface area contributed by atoms with Gasteiger partial charge in [0.1, 0.15) is 5.60 Å². The van der Waals surface area contributed by atoms with E-state index in [0.717, 1.165) is 12.8 Å². The Hall–Kier alpha value is -2.38. The zero-order valence-electron chi connectivity index (χ0n) is 13.6. The van der Waals surface area contributed by atoms with Gasteiger partial charge in [0.15, 0.2) is 0 Å². The third-order valence-corrected chi connectivity index (χ3v) is 3.49. The highest BCUT2D eigenvalue weighted by Crippen LogP contribution is 2.30. The number of carbonyl (C=O) groups is 1. The van der Waals surface area contributed by atoms with Crippen molar-refractivity contribution in [1.29, 1.82) is 0 Å². The Balaban J connectivity index is 2.04. The van der Waals surface area contributed by atoms with Crippen LogP contribution in [0.25, 0.3) is 0 Å². The Morgan fingerprint density at radius 1 is 1.57 bits per heavy atom. The number of nitrogens with one attached hydrogen (secondary N) is 1. The average molecular weight is 322 g/mol. The molecule has 0 radical (unpaired) electrons. The first-order valence-corrected chi connectivity index (χ1v) is 7.61. The smallest absolute Gasteiger partial charge is 0.407 e. The fraction of sp³-hybridized carbons (Fsp3) is 0.600. The molecule has 0 aromatic carbocycles. The molecule has 1 aromatic rings. The second-order valence-electron chi connectivity index (χ2n) is 6.48. The maximum Gasteiger partial charge on any atom is 0.407 e. The van der Waals surface area contributed by atoms with Gasteiger partial charge < -0.3 is 15.0 Å². The predicted molar refractivity (Wildman–Crippen MR) is 85.5 cm³/mol. The molecule has 8 nitrogen and oxygen atoms in total. The van der Waals surface area contributed by atoms with E-state index in [1.807, 2.05) is 4.90 Å². The van der Waals surface area contributed by atoms with E-state index in [9.17, 15) is 14.9 Å². The summed E-state index contributed by atoms with van der Waals surface area (Å²) in [6.07, 6.45) is 2.79. The van der Waals surface area contributed by atoms with Crippen LogP contribution in [0, 0.1) is 10.1 Å². The van der Waals surface area contributed by atoms with E-state index in [2.05, 4.69) is 10.3 Å². The third-order valence-electron chi connectivity index (χ3n) is 3.49. The van der Waals surface area contributed by atoms with Gasteiger partial charge in [0, 0.05) is 31.4 Å². The molecule has 1 aromatic heterocycles. The number of nitrogens with zero attached hydrogens (tertiary/aromatic N) is 3. The summed E-state index contributed by atoms with van der Waals surface area (Å²) in [6, 6.07) is 2.96. The van der Waals surface area contributed by atoms with Crippen molar-refractivity contribution in [2.45, 2.75) is 45.3 Å². The van der Waals surface area contributed by atoms with Gasteiger partial charge in [-0.05, 0) is 39.7 Å². The molecule has 1 saturated heterocycles. The number of anilines is 1. The molecule has 1 N–H and O–H groups in total. The quantitative estimate of drug-likeness (QED) is 0.675. The highest BCUT2D eigenvalue weighted by atomic mass is 16.6. The van der Waals surface area contributed by atoms with Crippen LogP contribution in [0.5, 0.6) is 0 Å². The van der Waals surface area contributed by atoms with Crippen LogP contribution in [0.15, 0.2) is 18.3 Å². The third kappa shape index (κ3) is 4.54. The van der Waals surface area contributed by atoms with Crippen molar-refractivity contribution in [2.24, 2.45) is 0 Å². The lowest BCUT2D eigenvalue weighted by Crippen LogP contribution is -2.42. The summed E-state index contributed by atoms with van der Waals surface area (Å²) in [5.41, 5.74) is -0.573. The normalized spacial score (nSPS) is 17.9. The number of pyridine rings is 1. The van der Waals surface area contributed by atoms with E-state index < -0.39 is 16.6 Å². The minimum atomic E-state index is -0.556. The maximum atomic E-state index is 11.8. The lowest BCUT2D eigenvalue weighted by Gasteiger charge is -2.26. The number of alkyl carbamates (subject to hydrolysis) is 1. The van der Waals surface area contributed by atoms with Crippen molar-refractivity contribution < 1.29 is 14.5 Å². The van der Waals surface area contributed by atoms with Gasteiger partial charge in [-0.3, -0.25) is 10.1 Å². The molecule has 1 amide bonds. The molecule has 1 aliphatic heterocycles. The summed E-state index contributed by atoms with van der Waals surface area (Å²) >= 11 is 0. The fourth-order valence-electron chi connectivity index (χ4n) is 2.59. The molecule has 23 heavy (non-hydrogen) atoms. The molecule has 0 aliphatic carbocycles. The minimum Gasteiger partial charge on any atom is -0.444 e. The molecule has 2 rings (SSSR count). The van der Waals surface area contributed by atoms with Gasteiger partial charge in [0.25, 0.3) is 0 Å². The van der Waals surface area contributed by atoms with E-state index in [0.29, 0.717) is 18.9 Å². The SMILES string of the molecule is CC(C)(C)OC(=O)NC[C@@H]1CCCN1c1ncccc1[N+](=O)[O-]. The second kappa shape index (κ2) is 6.80. The van der Waals surface area contributed by atoms with Gasteiger partial charge in [-0.1, -0.05) is 0 Å². The molecular weight excluding hydrogens is 300 g/mol. The van der Waals surface area contributed by atoms with E-state index in [1.165, 1.54) is 6.07 Å². The molecule has 1 aliphatic rings. The van der Waals surface area contributed by atoms with Crippen molar-refractivity contribution in [3.63, 3.8) is 0 Å². The van der Waals surface area contributed by atoms with E-state index in [-0.39, 0.29) is 11.7 Å². The Morgan fingerprint density at radius 3 is 2.96 bits per heavy atom. The van der Waals surface area contributed by atoms with Crippen molar-refractivity contribution in [3.05, 3.63) is 28.4 Å². The number of aromatic nitrogens is 1. The summed E-state index contributed by atoms with van der Waals surface area (Å²) in [6.45, 7) is 6.43. The van der Waals surface area contributed by atoms with Crippen molar-refractivity contribution in [3.8, 4) is 0 Å². The number of amides is 1. The van der Waals surface area contributed by atoms with E-state index >= 15 is 0 Å². The Morgan fingerprint density at radius 2 is 2.30 bits per heavy atom. The zero-order valence-corrected chi connectivity index (χ0v) is 13.6. The topological polar surface area (TPSA) is 97.6 Å². The second-order valence-corrected chi connectivity index (χ2v) is 6.48. The molecule has 0 spiro atoms. The number of rotatable bonds is 4. The van der Waals surface area contributed by atoms with Crippen molar-refractivity contribution in [1.82, 2.24) is 10.3 Å². The van der Waals surface area contributed by atoms with Crippen LogP contribution in [0.3, 0.4) is 0 Å². The monoisotopic (exact) mass is 322 g/mol. The number of nitro groups is 1. The van der Waals surface area contributed by atoms with Crippen LogP contribution < -0.4 is 10.2 Å². The van der Waals surface area contributed by atoms with E-state index in [4.69, 9.17) is 4.74 Å². The van der Waals surface area contributed by atoms with Gasteiger partial charge in [-0.25, -0.2) is 9.78 Å². The van der Waals surface area contributed by atoms with Gasteiger partial charge in [0.2, 0.25) is 5.82 Å². The first-order chi connectivity index (χ1) is 10.8. The molecule has 1 atom stereocenters. The lowest BCUT2D eigenvalue weighted by molar-refractivity contribution is -0.384. The van der Waals surface area contributed by atoms with Gasteiger partial charge >= 0.3 is 11.8 Å². The maximum absolute atomic E-state index is 11.8. The Kier molecular flexibility index (Phi) is 5.02. The Bertz CT molecular complexity index is 585. The molecular formula is C15H22N4O4. The molecule has 126 valence electrons. The predicted octanol–water partition coefficient (Wildman–Crippen LogP) is 2.48. The van der Waals surface area contributed by atoms with Crippen LogP contribution in [-0.4, -0.2) is 40.7 Å². The highest BCUT2D eigenvalue weighted by molar-refractivity contribution is 5.68. The number of ether oxygens (including phenoxy) is 1. The molecule has 2 heterocycles. The number of carbonyl (C=O) groups excluding carboxylic acids is 1. The minimum absolute atomic E-state index is 0.0170. The molecule has 1 fully saturated rings. The van der Waals surface area contributed by atoms with Crippen molar-refractivity contribution in [2.75, 3.05) is 18.0 Å². The zero-order chi connectivity index (χ0) is 17.0. The summed E-state index contributed by atoms with van der Waals surface area (Å²) < 4.78 is 5.21. The molecule has 0 saturated carbocycles. The van der Waals surface area contributed by atoms with Crippen LogP contribution in [-0.2, 0) is 4.74 Å². The van der Waals surface area contributed by atoms with Crippen LogP contribution in [0.4, 0.5) is 16.3 Å². The van der Waals surface area contributed by atoms with Gasteiger partial charge in [0.05, 0.1) is 4.92 Å². The van der Waals surface area contributed by atoms with Gasteiger partial charge in [-0.15, -0.1) is 0 Å². The first-order valence-electron chi connectivity index (χ1n) is 7.61. The average Bonchev–Trinajstić information content (AvgIpc) is 2.91. The molecule has 8 heteroatoms. The standard InChI is InChI=1S/C15H22N4O4/c1-15(2,3)23-14(20)17-10-11-6-5-9-18(11)13-12(19(21)22)7-4-8-16-13/h4,7-8,11H,5-6,9-10H2,1-3H3,(H,17,20)/t11-/m0/s1. The van der Waals surface area contributed by atoms with Crippen LogP contribution in [0.2, 0.25) is 0 Å². The summed E-state index contributed by atoms with van der Waals surface area (Å²) in [4.78, 5) is 28.5. The van der Waals surface area contributed by atoms with Crippen molar-refractivity contribution >= 4 is 17.6 Å². The number of hydrogen-bond donors (Lipinski definition) is 1.